The Morgan fingerprint density at radius 1 is 1.30 bits per heavy atom. The molecule has 1 aliphatic rings. The molecule has 0 unspecified atom stereocenters. The molecule has 0 spiro atoms. The second kappa shape index (κ2) is 5.21. The molecule has 0 radical (unpaired) electrons. The van der Waals surface area contributed by atoms with E-state index >= 15 is 0 Å². The van der Waals surface area contributed by atoms with E-state index in [-0.39, 0.29) is 12.0 Å². The number of aromatic nitrogens is 1. The lowest BCUT2D eigenvalue weighted by molar-refractivity contribution is 0.0548. The Balaban J connectivity index is 1.99. The molecule has 1 amide bonds. The van der Waals surface area contributed by atoms with Gasteiger partial charge in [0.15, 0.2) is 0 Å². The molecule has 2 heterocycles. The third-order valence-electron chi connectivity index (χ3n) is 3.83. The van der Waals surface area contributed by atoms with Gasteiger partial charge >= 0.3 is 0 Å². The van der Waals surface area contributed by atoms with Gasteiger partial charge in [-0.05, 0) is 31.9 Å². The van der Waals surface area contributed by atoms with Gasteiger partial charge < -0.3 is 10.0 Å². The predicted octanol–water partition coefficient (Wildman–Crippen LogP) is 2.14. The Bertz CT molecular complexity index is 646. The zero-order chi connectivity index (χ0) is 14.1. The Labute approximate surface area is 118 Å². The maximum atomic E-state index is 12.7. The number of carbonyl (C=O) groups excluding carboxylic acids is 1. The summed E-state index contributed by atoms with van der Waals surface area (Å²) in [6.07, 6.45) is 1.05. The van der Waals surface area contributed by atoms with Gasteiger partial charge in [-0.1, -0.05) is 18.2 Å². The van der Waals surface area contributed by atoms with Crippen molar-refractivity contribution >= 4 is 16.8 Å². The highest BCUT2D eigenvalue weighted by Gasteiger charge is 2.23. The molecule has 2 aromatic rings. The first-order chi connectivity index (χ1) is 9.65. The molecule has 0 bridgehead atoms. The molecule has 0 saturated carbocycles. The molecule has 0 aliphatic carbocycles. The highest BCUT2D eigenvalue weighted by atomic mass is 16.3. The maximum absolute atomic E-state index is 12.7. The molecule has 4 nitrogen and oxygen atoms in total. The van der Waals surface area contributed by atoms with Crippen molar-refractivity contribution in [2.45, 2.75) is 25.9 Å². The lowest BCUT2D eigenvalue weighted by Crippen LogP contribution is -2.40. The maximum Gasteiger partial charge on any atom is 0.254 e. The Morgan fingerprint density at radius 2 is 2.00 bits per heavy atom. The number of rotatable bonds is 1. The average Bonchev–Trinajstić information content (AvgIpc) is 2.46. The normalized spacial score (nSPS) is 16.6. The van der Waals surface area contributed by atoms with Gasteiger partial charge in [-0.25, -0.2) is 0 Å². The van der Waals surface area contributed by atoms with Gasteiger partial charge in [0, 0.05) is 24.2 Å². The van der Waals surface area contributed by atoms with Gasteiger partial charge in [-0.15, -0.1) is 0 Å². The number of para-hydroxylation sites is 1. The van der Waals surface area contributed by atoms with Crippen LogP contribution in [0.4, 0.5) is 0 Å². The van der Waals surface area contributed by atoms with Crippen molar-refractivity contribution < 1.29 is 9.90 Å². The SMILES string of the molecule is Cc1cc(C(=O)N2CCC(O)CC2)c2ccccc2n1. The van der Waals surface area contributed by atoms with Gasteiger partial charge in [0.25, 0.3) is 5.91 Å². The Kier molecular flexibility index (Phi) is 3.40. The smallest absolute Gasteiger partial charge is 0.254 e. The van der Waals surface area contributed by atoms with Crippen molar-refractivity contribution in [2.75, 3.05) is 13.1 Å². The summed E-state index contributed by atoms with van der Waals surface area (Å²) in [5.74, 6) is 0.0404. The number of aliphatic hydroxyl groups is 1. The summed E-state index contributed by atoms with van der Waals surface area (Å²) >= 11 is 0. The molecule has 1 saturated heterocycles. The van der Waals surface area contributed by atoms with E-state index in [1.54, 1.807) is 0 Å². The van der Waals surface area contributed by atoms with Crippen LogP contribution in [0.5, 0.6) is 0 Å². The average molecular weight is 270 g/mol. The number of likely N-dealkylation sites (tertiary alicyclic amines) is 1. The third-order valence-corrected chi connectivity index (χ3v) is 3.83. The number of benzene rings is 1. The summed E-state index contributed by atoms with van der Waals surface area (Å²) in [5.41, 5.74) is 2.42. The van der Waals surface area contributed by atoms with E-state index in [1.165, 1.54) is 0 Å². The van der Waals surface area contributed by atoms with Gasteiger partial charge in [0.05, 0.1) is 17.2 Å². The highest BCUT2D eigenvalue weighted by molar-refractivity contribution is 6.06. The molecular weight excluding hydrogens is 252 g/mol. The van der Waals surface area contributed by atoms with Crippen molar-refractivity contribution in [1.82, 2.24) is 9.88 Å². The molecule has 1 fully saturated rings. The topological polar surface area (TPSA) is 53.4 Å². The van der Waals surface area contributed by atoms with Crippen molar-refractivity contribution in [3.05, 3.63) is 41.6 Å². The molecule has 4 heteroatoms. The third kappa shape index (κ3) is 2.39. The molecule has 1 N–H and O–H groups in total. The minimum Gasteiger partial charge on any atom is -0.393 e. The lowest BCUT2D eigenvalue weighted by atomic mass is 10.0. The summed E-state index contributed by atoms with van der Waals surface area (Å²) in [7, 11) is 0. The second-order valence-electron chi connectivity index (χ2n) is 5.35. The quantitative estimate of drug-likeness (QED) is 0.863. The van der Waals surface area contributed by atoms with Crippen molar-refractivity contribution in [1.29, 1.82) is 0 Å². The number of amides is 1. The number of piperidine rings is 1. The van der Waals surface area contributed by atoms with E-state index in [0.29, 0.717) is 31.5 Å². The fraction of sp³-hybridized carbons (Fsp3) is 0.375. The van der Waals surface area contributed by atoms with Crippen LogP contribution in [0.25, 0.3) is 10.9 Å². The Hall–Kier alpha value is -1.94. The van der Waals surface area contributed by atoms with E-state index in [4.69, 9.17) is 0 Å². The van der Waals surface area contributed by atoms with Crippen LogP contribution < -0.4 is 0 Å². The van der Waals surface area contributed by atoms with Crippen LogP contribution in [0.15, 0.2) is 30.3 Å². The number of fused-ring (bicyclic) bond motifs is 1. The highest BCUT2D eigenvalue weighted by Crippen LogP contribution is 2.21. The van der Waals surface area contributed by atoms with Crippen LogP contribution in [0.3, 0.4) is 0 Å². The zero-order valence-electron chi connectivity index (χ0n) is 11.5. The minimum atomic E-state index is -0.269. The summed E-state index contributed by atoms with van der Waals surface area (Å²) < 4.78 is 0. The number of carbonyl (C=O) groups is 1. The van der Waals surface area contributed by atoms with Crippen LogP contribution in [0.2, 0.25) is 0 Å². The number of nitrogens with zero attached hydrogens (tertiary/aromatic N) is 2. The minimum absolute atomic E-state index is 0.0404. The van der Waals surface area contributed by atoms with Crippen LogP contribution in [-0.4, -0.2) is 40.1 Å². The molecule has 104 valence electrons. The first kappa shape index (κ1) is 13.1. The fourth-order valence-electron chi connectivity index (χ4n) is 2.72. The molecular formula is C16H18N2O2. The number of pyridine rings is 1. The first-order valence-corrected chi connectivity index (χ1v) is 6.99. The van der Waals surface area contributed by atoms with E-state index in [1.807, 2.05) is 42.2 Å². The van der Waals surface area contributed by atoms with Crippen molar-refractivity contribution in [3.8, 4) is 0 Å². The van der Waals surface area contributed by atoms with Crippen LogP contribution >= 0.6 is 0 Å². The number of aryl methyl sites for hydroxylation is 1. The van der Waals surface area contributed by atoms with Crippen LogP contribution in [0, 0.1) is 6.92 Å². The Morgan fingerprint density at radius 3 is 2.75 bits per heavy atom. The number of hydrogen-bond acceptors (Lipinski definition) is 3. The van der Waals surface area contributed by atoms with Gasteiger partial charge in [-0.2, -0.15) is 0 Å². The van der Waals surface area contributed by atoms with Crippen LogP contribution in [0.1, 0.15) is 28.9 Å². The second-order valence-corrected chi connectivity index (χ2v) is 5.35. The molecule has 20 heavy (non-hydrogen) atoms. The summed E-state index contributed by atoms with van der Waals surface area (Å²) in [6.45, 7) is 3.15. The standard InChI is InChI=1S/C16H18N2O2/c1-11-10-14(13-4-2-3-5-15(13)17-11)16(20)18-8-6-12(19)7-9-18/h2-5,10,12,19H,6-9H2,1H3. The van der Waals surface area contributed by atoms with Gasteiger partial charge in [-0.3, -0.25) is 9.78 Å². The molecule has 1 aromatic carbocycles. The van der Waals surface area contributed by atoms with Crippen molar-refractivity contribution in [3.63, 3.8) is 0 Å². The molecule has 1 aliphatic heterocycles. The first-order valence-electron chi connectivity index (χ1n) is 6.99. The van der Waals surface area contributed by atoms with Crippen molar-refractivity contribution in [2.24, 2.45) is 0 Å². The van der Waals surface area contributed by atoms with E-state index in [9.17, 15) is 9.90 Å². The van der Waals surface area contributed by atoms with Gasteiger partial charge in [0.2, 0.25) is 0 Å². The summed E-state index contributed by atoms with van der Waals surface area (Å²) in [6, 6.07) is 9.58. The molecule has 1 aromatic heterocycles. The van der Waals surface area contributed by atoms with Crippen LogP contribution in [-0.2, 0) is 0 Å². The summed E-state index contributed by atoms with van der Waals surface area (Å²) in [5, 5.41) is 10.4. The number of hydrogen-bond donors (Lipinski definition) is 1. The monoisotopic (exact) mass is 270 g/mol. The number of aliphatic hydroxyl groups excluding tert-OH is 1. The summed E-state index contributed by atoms with van der Waals surface area (Å²) in [4.78, 5) is 19.0. The predicted molar refractivity (Wildman–Crippen MR) is 77.6 cm³/mol. The molecule has 3 rings (SSSR count). The van der Waals surface area contributed by atoms with Gasteiger partial charge in [0.1, 0.15) is 0 Å². The zero-order valence-corrected chi connectivity index (χ0v) is 11.5. The van der Waals surface area contributed by atoms with E-state index < -0.39 is 0 Å². The lowest BCUT2D eigenvalue weighted by Gasteiger charge is -2.30. The van der Waals surface area contributed by atoms with E-state index in [2.05, 4.69) is 4.98 Å². The van der Waals surface area contributed by atoms with E-state index in [0.717, 1.165) is 16.6 Å². The fourth-order valence-corrected chi connectivity index (χ4v) is 2.72. The molecule has 0 atom stereocenters. The largest absolute Gasteiger partial charge is 0.393 e.